The quantitative estimate of drug-likeness (QED) is 0.639. The molecule has 0 nitrogen and oxygen atoms in total. The Morgan fingerprint density at radius 3 is 2.31 bits per heavy atom. The van der Waals surface area contributed by atoms with E-state index in [-0.39, 0.29) is 0 Å². The summed E-state index contributed by atoms with van der Waals surface area (Å²) in [6.07, 6.45) is 1.27. The summed E-state index contributed by atoms with van der Waals surface area (Å²) < 4.78 is 1.16. The first-order chi connectivity index (χ1) is 6.18. The third-order valence-electron chi connectivity index (χ3n) is 2.60. The third-order valence-corrected chi connectivity index (χ3v) is 3.13. The lowest BCUT2D eigenvalue weighted by Crippen LogP contribution is -1.77. The maximum Gasteiger partial charge on any atom is 0.0175 e. The molecule has 0 N–H and O–H groups in total. The SMILES string of the molecule is CC(C)=C1CC1c1ccc(Br)cc1. The first-order valence-corrected chi connectivity index (χ1v) is 5.39. The molecule has 1 heteroatoms. The second kappa shape index (κ2) is 3.30. The molecule has 68 valence electrons. The fraction of sp³-hybridized carbons (Fsp3) is 0.333. The highest BCUT2D eigenvalue weighted by Crippen LogP contribution is 2.48. The summed E-state index contributed by atoms with van der Waals surface area (Å²) in [5.41, 5.74) is 4.58. The molecule has 0 bridgehead atoms. The molecule has 0 aliphatic heterocycles. The molecule has 1 unspecified atom stereocenters. The zero-order valence-electron chi connectivity index (χ0n) is 7.97. The molecule has 1 aromatic carbocycles. The smallest absolute Gasteiger partial charge is 0.0175 e. The van der Waals surface area contributed by atoms with E-state index in [0.717, 1.165) is 10.4 Å². The fourth-order valence-electron chi connectivity index (χ4n) is 1.73. The van der Waals surface area contributed by atoms with Crippen molar-refractivity contribution in [2.45, 2.75) is 26.2 Å². The van der Waals surface area contributed by atoms with E-state index < -0.39 is 0 Å². The van der Waals surface area contributed by atoms with Gasteiger partial charge in [0.05, 0.1) is 0 Å². The van der Waals surface area contributed by atoms with Crippen molar-refractivity contribution < 1.29 is 0 Å². The minimum Gasteiger partial charge on any atom is -0.0766 e. The number of hydrogen-bond donors (Lipinski definition) is 0. The molecule has 1 aliphatic carbocycles. The van der Waals surface area contributed by atoms with Crippen LogP contribution >= 0.6 is 15.9 Å². The fourth-order valence-corrected chi connectivity index (χ4v) is 1.99. The summed E-state index contributed by atoms with van der Waals surface area (Å²) in [5, 5.41) is 0. The van der Waals surface area contributed by atoms with Gasteiger partial charge in [0.25, 0.3) is 0 Å². The Morgan fingerprint density at radius 1 is 1.23 bits per heavy atom. The number of hydrogen-bond acceptors (Lipinski definition) is 0. The topological polar surface area (TPSA) is 0 Å². The summed E-state index contributed by atoms with van der Waals surface area (Å²) in [6.45, 7) is 4.41. The van der Waals surface area contributed by atoms with Gasteiger partial charge in [-0.05, 0) is 38.0 Å². The molecule has 1 fully saturated rings. The van der Waals surface area contributed by atoms with Gasteiger partial charge in [-0.2, -0.15) is 0 Å². The number of rotatable bonds is 1. The predicted octanol–water partition coefficient (Wildman–Crippen LogP) is 4.27. The molecule has 1 atom stereocenters. The Labute approximate surface area is 87.8 Å². The van der Waals surface area contributed by atoms with Crippen LogP contribution in [0, 0.1) is 0 Å². The number of allylic oxidation sites excluding steroid dienone is 2. The van der Waals surface area contributed by atoms with E-state index in [0.29, 0.717) is 0 Å². The summed E-state index contributed by atoms with van der Waals surface area (Å²) in [7, 11) is 0. The van der Waals surface area contributed by atoms with Crippen molar-refractivity contribution in [2.24, 2.45) is 0 Å². The number of halogens is 1. The van der Waals surface area contributed by atoms with Gasteiger partial charge in [0.1, 0.15) is 0 Å². The van der Waals surface area contributed by atoms with E-state index in [1.807, 2.05) is 0 Å². The van der Waals surface area contributed by atoms with Crippen molar-refractivity contribution in [1.82, 2.24) is 0 Å². The zero-order valence-corrected chi connectivity index (χ0v) is 9.56. The van der Waals surface area contributed by atoms with Gasteiger partial charge in [-0.15, -0.1) is 0 Å². The third kappa shape index (κ3) is 1.86. The van der Waals surface area contributed by atoms with E-state index in [1.54, 1.807) is 5.57 Å². The molecule has 0 aromatic heterocycles. The highest BCUT2D eigenvalue weighted by Gasteiger charge is 2.31. The second-order valence-corrected chi connectivity index (χ2v) is 4.75. The van der Waals surface area contributed by atoms with Crippen LogP contribution in [0.1, 0.15) is 31.7 Å². The van der Waals surface area contributed by atoms with E-state index in [1.165, 1.54) is 17.6 Å². The van der Waals surface area contributed by atoms with Crippen LogP contribution in [0.25, 0.3) is 0 Å². The maximum atomic E-state index is 3.45. The van der Waals surface area contributed by atoms with Gasteiger partial charge in [0.2, 0.25) is 0 Å². The van der Waals surface area contributed by atoms with Gasteiger partial charge in [-0.1, -0.05) is 39.2 Å². The van der Waals surface area contributed by atoms with Gasteiger partial charge in [0, 0.05) is 10.4 Å². The molecular formula is C12H13Br. The lowest BCUT2D eigenvalue weighted by molar-refractivity contribution is 1.15. The molecular weight excluding hydrogens is 224 g/mol. The van der Waals surface area contributed by atoms with Crippen LogP contribution in [0.2, 0.25) is 0 Å². The number of benzene rings is 1. The van der Waals surface area contributed by atoms with Crippen molar-refractivity contribution in [3.63, 3.8) is 0 Å². The first kappa shape index (κ1) is 9.01. The Hall–Kier alpha value is -0.560. The summed E-state index contributed by atoms with van der Waals surface area (Å²) in [5.74, 6) is 0.720. The van der Waals surface area contributed by atoms with Crippen LogP contribution in [0.4, 0.5) is 0 Å². The molecule has 0 amide bonds. The van der Waals surface area contributed by atoms with Crippen LogP contribution in [-0.4, -0.2) is 0 Å². The molecule has 2 rings (SSSR count). The Kier molecular flexibility index (Phi) is 2.29. The molecule has 0 saturated heterocycles. The van der Waals surface area contributed by atoms with Crippen molar-refractivity contribution in [1.29, 1.82) is 0 Å². The minimum absolute atomic E-state index is 0.720. The monoisotopic (exact) mass is 236 g/mol. The highest BCUT2D eigenvalue weighted by atomic mass is 79.9. The summed E-state index contributed by atoms with van der Waals surface area (Å²) >= 11 is 3.45. The highest BCUT2D eigenvalue weighted by molar-refractivity contribution is 9.10. The molecule has 1 saturated carbocycles. The Balaban J connectivity index is 2.22. The standard InChI is InChI=1S/C12H13Br/c1-8(2)11-7-12(11)9-3-5-10(13)6-4-9/h3-6,12H,7H2,1-2H3. The van der Waals surface area contributed by atoms with E-state index in [4.69, 9.17) is 0 Å². The predicted molar refractivity (Wildman–Crippen MR) is 59.9 cm³/mol. The lowest BCUT2D eigenvalue weighted by atomic mass is 10.1. The first-order valence-electron chi connectivity index (χ1n) is 4.60. The van der Waals surface area contributed by atoms with Gasteiger partial charge in [-0.3, -0.25) is 0 Å². The van der Waals surface area contributed by atoms with Crippen LogP contribution in [0.3, 0.4) is 0 Å². The summed E-state index contributed by atoms with van der Waals surface area (Å²) in [6, 6.07) is 8.67. The van der Waals surface area contributed by atoms with Gasteiger partial charge in [-0.25, -0.2) is 0 Å². The average molecular weight is 237 g/mol. The molecule has 0 spiro atoms. The van der Waals surface area contributed by atoms with Crippen molar-refractivity contribution in [2.75, 3.05) is 0 Å². The minimum atomic E-state index is 0.720. The van der Waals surface area contributed by atoms with Crippen molar-refractivity contribution >= 4 is 15.9 Å². The van der Waals surface area contributed by atoms with Gasteiger partial charge >= 0.3 is 0 Å². The van der Waals surface area contributed by atoms with E-state index in [2.05, 4.69) is 54.0 Å². The largest absolute Gasteiger partial charge is 0.0766 e. The molecule has 1 aromatic rings. The van der Waals surface area contributed by atoms with Crippen LogP contribution in [0.15, 0.2) is 39.9 Å². The summed E-state index contributed by atoms with van der Waals surface area (Å²) in [4.78, 5) is 0. The van der Waals surface area contributed by atoms with Crippen molar-refractivity contribution in [3.05, 3.63) is 45.4 Å². The molecule has 0 radical (unpaired) electrons. The Bertz CT molecular complexity index is 342. The Morgan fingerprint density at radius 2 is 1.85 bits per heavy atom. The van der Waals surface area contributed by atoms with Gasteiger partial charge in [0.15, 0.2) is 0 Å². The molecule has 1 aliphatic rings. The molecule has 13 heavy (non-hydrogen) atoms. The molecule has 0 heterocycles. The van der Waals surface area contributed by atoms with E-state index in [9.17, 15) is 0 Å². The second-order valence-electron chi connectivity index (χ2n) is 3.83. The van der Waals surface area contributed by atoms with Crippen LogP contribution in [-0.2, 0) is 0 Å². The van der Waals surface area contributed by atoms with Crippen molar-refractivity contribution in [3.8, 4) is 0 Å². The van der Waals surface area contributed by atoms with Crippen LogP contribution < -0.4 is 0 Å². The zero-order chi connectivity index (χ0) is 9.42. The average Bonchev–Trinajstić information content (AvgIpc) is 2.85. The van der Waals surface area contributed by atoms with Gasteiger partial charge < -0.3 is 0 Å². The van der Waals surface area contributed by atoms with E-state index >= 15 is 0 Å². The maximum absolute atomic E-state index is 3.45. The lowest BCUT2D eigenvalue weighted by Gasteiger charge is -1.97. The van der Waals surface area contributed by atoms with Crippen LogP contribution in [0.5, 0.6) is 0 Å². The normalized spacial score (nSPS) is 20.2.